The van der Waals surface area contributed by atoms with E-state index in [0.717, 1.165) is 17.6 Å². The summed E-state index contributed by atoms with van der Waals surface area (Å²) in [5.41, 5.74) is 3.03. The monoisotopic (exact) mass is 175 g/mol. The van der Waals surface area contributed by atoms with E-state index in [2.05, 4.69) is 47.4 Å². The molecule has 0 bridgehead atoms. The van der Waals surface area contributed by atoms with E-state index < -0.39 is 0 Å². The summed E-state index contributed by atoms with van der Waals surface area (Å²) in [6.07, 6.45) is 0. The molecule has 0 spiro atoms. The second-order valence-corrected chi connectivity index (χ2v) is 5.21. The van der Waals surface area contributed by atoms with E-state index in [1.165, 1.54) is 0 Å². The van der Waals surface area contributed by atoms with Crippen LogP contribution < -0.4 is 5.48 Å². The molecule has 0 amide bonds. The molecule has 0 fully saturated rings. The molecule has 12 heavy (non-hydrogen) atoms. The third-order valence-corrected chi connectivity index (χ3v) is 1.24. The van der Waals surface area contributed by atoms with Crippen LogP contribution in [0.2, 0.25) is 0 Å². The largest absolute Gasteiger partial charge is 0.329 e. The van der Waals surface area contributed by atoms with Gasteiger partial charge in [-0.3, -0.25) is 4.84 Å². The van der Waals surface area contributed by atoms with E-state index in [1.807, 2.05) is 0 Å². The number of quaternary nitrogens is 1. The molecule has 0 aliphatic carbocycles. The van der Waals surface area contributed by atoms with Crippen molar-refractivity contribution < 1.29 is 9.32 Å². The van der Waals surface area contributed by atoms with Gasteiger partial charge in [0.15, 0.2) is 0 Å². The van der Waals surface area contributed by atoms with Gasteiger partial charge in [0.2, 0.25) is 0 Å². The van der Waals surface area contributed by atoms with Crippen molar-refractivity contribution in [3.05, 3.63) is 0 Å². The van der Waals surface area contributed by atoms with Crippen LogP contribution in [-0.2, 0) is 4.84 Å². The molecule has 74 valence electrons. The molecule has 0 heterocycles. The summed E-state index contributed by atoms with van der Waals surface area (Å²) in [4.78, 5) is 5.31. The van der Waals surface area contributed by atoms with Gasteiger partial charge in [-0.1, -0.05) is 0 Å². The summed E-state index contributed by atoms with van der Waals surface area (Å²) >= 11 is 0. The molecule has 3 heteroatoms. The molecule has 0 aliphatic heterocycles. The Bertz CT molecular complexity index is 105. The maximum atomic E-state index is 5.31. The quantitative estimate of drug-likeness (QED) is 0.391. The number of nitrogens with zero attached hydrogens (tertiary/aromatic N) is 1. The Labute approximate surface area is 76.2 Å². The zero-order valence-electron chi connectivity index (χ0n) is 9.27. The molecule has 0 aromatic rings. The highest BCUT2D eigenvalue weighted by Gasteiger charge is 2.10. The standard InChI is InChI=1S/C9H23N2O/c1-9(2,3)10-12-8-7-11(4,5)6/h10H,7-8H2,1-6H3/q+1. The van der Waals surface area contributed by atoms with Crippen LogP contribution in [0.1, 0.15) is 20.8 Å². The maximum absolute atomic E-state index is 5.31. The Morgan fingerprint density at radius 1 is 1.17 bits per heavy atom. The van der Waals surface area contributed by atoms with E-state index in [0.29, 0.717) is 0 Å². The third-order valence-electron chi connectivity index (χ3n) is 1.24. The average molecular weight is 175 g/mol. The fourth-order valence-electron chi connectivity index (χ4n) is 0.587. The average Bonchev–Trinajstić information content (AvgIpc) is 1.76. The summed E-state index contributed by atoms with van der Waals surface area (Å²) in [5.74, 6) is 0. The lowest BCUT2D eigenvalue weighted by Crippen LogP contribution is -2.41. The van der Waals surface area contributed by atoms with Gasteiger partial charge in [0.1, 0.15) is 13.2 Å². The van der Waals surface area contributed by atoms with E-state index in [-0.39, 0.29) is 5.54 Å². The fraction of sp³-hybridized carbons (Fsp3) is 1.00. The van der Waals surface area contributed by atoms with Crippen LogP contribution in [0.4, 0.5) is 0 Å². The first-order valence-electron chi connectivity index (χ1n) is 4.40. The normalized spacial score (nSPS) is 13.5. The topological polar surface area (TPSA) is 21.3 Å². The summed E-state index contributed by atoms with van der Waals surface area (Å²) in [6, 6.07) is 0. The SMILES string of the molecule is CC(C)(C)NOCC[N+](C)(C)C. The lowest BCUT2D eigenvalue weighted by molar-refractivity contribution is -0.871. The zero-order valence-corrected chi connectivity index (χ0v) is 9.27. The lowest BCUT2D eigenvalue weighted by atomic mass is 10.1. The minimum Gasteiger partial charge on any atom is -0.329 e. The third kappa shape index (κ3) is 9.88. The zero-order chi connectivity index (χ0) is 9.83. The molecule has 1 N–H and O–H groups in total. The summed E-state index contributed by atoms with van der Waals surface area (Å²) < 4.78 is 0.936. The first-order chi connectivity index (χ1) is 5.21. The minimum absolute atomic E-state index is 0.0465. The van der Waals surface area contributed by atoms with Gasteiger partial charge in [0, 0.05) is 5.54 Å². The minimum atomic E-state index is 0.0465. The molecule has 0 saturated carbocycles. The van der Waals surface area contributed by atoms with Crippen molar-refractivity contribution in [1.82, 2.24) is 5.48 Å². The summed E-state index contributed by atoms with van der Waals surface area (Å²) in [6.45, 7) is 8.01. The van der Waals surface area contributed by atoms with Crippen LogP contribution in [-0.4, -0.2) is 44.3 Å². The van der Waals surface area contributed by atoms with Crippen LogP contribution in [0, 0.1) is 0 Å². The van der Waals surface area contributed by atoms with E-state index in [4.69, 9.17) is 4.84 Å². The smallest absolute Gasteiger partial charge is 0.117 e. The molecule has 0 rings (SSSR count). The molecule has 3 nitrogen and oxygen atoms in total. The Kier molecular flexibility index (Phi) is 4.17. The van der Waals surface area contributed by atoms with E-state index in [9.17, 15) is 0 Å². The summed E-state index contributed by atoms with van der Waals surface area (Å²) in [7, 11) is 6.46. The van der Waals surface area contributed by atoms with Crippen LogP contribution in [0.25, 0.3) is 0 Å². The first-order valence-corrected chi connectivity index (χ1v) is 4.40. The Hall–Kier alpha value is -0.120. The molecular weight excluding hydrogens is 152 g/mol. The molecule has 0 aromatic carbocycles. The molecule has 0 atom stereocenters. The van der Waals surface area contributed by atoms with E-state index in [1.54, 1.807) is 0 Å². The van der Waals surface area contributed by atoms with E-state index >= 15 is 0 Å². The predicted octanol–water partition coefficient (Wildman–Crippen LogP) is 1.01. The van der Waals surface area contributed by atoms with Gasteiger partial charge in [-0.15, -0.1) is 0 Å². The van der Waals surface area contributed by atoms with Gasteiger partial charge < -0.3 is 4.48 Å². The van der Waals surface area contributed by atoms with Crippen molar-refractivity contribution in [3.8, 4) is 0 Å². The number of hydrogen-bond donors (Lipinski definition) is 1. The second-order valence-electron chi connectivity index (χ2n) is 5.21. The molecule has 0 saturated heterocycles. The number of hydrogen-bond acceptors (Lipinski definition) is 2. The number of rotatable bonds is 4. The highest BCUT2D eigenvalue weighted by atomic mass is 16.6. The molecule has 0 aromatic heterocycles. The van der Waals surface area contributed by atoms with Crippen LogP contribution in [0.15, 0.2) is 0 Å². The highest BCUT2D eigenvalue weighted by molar-refractivity contribution is 4.63. The maximum Gasteiger partial charge on any atom is 0.117 e. The number of nitrogens with one attached hydrogen (secondary N) is 1. The molecular formula is C9H23N2O+. The van der Waals surface area contributed by atoms with Crippen LogP contribution >= 0.6 is 0 Å². The van der Waals surface area contributed by atoms with Gasteiger partial charge in [-0.25, -0.2) is 0 Å². The summed E-state index contributed by atoms with van der Waals surface area (Å²) in [5, 5.41) is 0. The van der Waals surface area contributed by atoms with Crippen LogP contribution in [0.3, 0.4) is 0 Å². The first kappa shape index (κ1) is 11.9. The van der Waals surface area contributed by atoms with Gasteiger partial charge >= 0.3 is 0 Å². The van der Waals surface area contributed by atoms with Crippen molar-refractivity contribution in [3.63, 3.8) is 0 Å². The predicted molar refractivity (Wildman–Crippen MR) is 51.7 cm³/mol. The highest BCUT2D eigenvalue weighted by Crippen LogP contribution is 1.98. The van der Waals surface area contributed by atoms with Gasteiger partial charge in [-0.2, -0.15) is 5.48 Å². The number of likely N-dealkylation sites (N-methyl/N-ethyl adjacent to an activating group) is 1. The Morgan fingerprint density at radius 3 is 2.00 bits per heavy atom. The van der Waals surface area contributed by atoms with Crippen molar-refractivity contribution in [1.29, 1.82) is 0 Å². The number of hydroxylamine groups is 1. The van der Waals surface area contributed by atoms with Gasteiger partial charge in [0.05, 0.1) is 21.1 Å². The Morgan fingerprint density at radius 2 is 1.67 bits per heavy atom. The van der Waals surface area contributed by atoms with Crippen molar-refractivity contribution in [2.75, 3.05) is 34.3 Å². The van der Waals surface area contributed by atoms with Crippen LogP contribution in [0.5, 0.6) is 0 Å². The lowest BCUT2D eigenvalue weighted by Gasteiger charge is -2.25. The Balaban J connectivity index is 3.35. The molecule has 0 unspecified atom stereocenters. The van der Waals surface area contributed by atoms with Crippen molar-refractivity contribution >= 4 is 0 Å². The van der Waals surface area contributed by atoms with Gasteiger partial charge in [-0.05, 0) is 20.8 Å². The molecule has 0 radical (unpaired) electrons. The van der Waals surface area contributed by atoms with Crippen molar-refractivity contribution in [2.24, 2.45) is 0 Å². The molecule has 0 aliphatic rings. The fourth-order valence-corrected chi connectivity index (χ4v) is 0.587. The van der Waals surface area contributed by atoms with Gasteiger partial charge in [0.25, 0.3) is 0 Å². The second kappa shape index (κ2) is 4.21. The van der Waals surface area contributed by atoms with Crippen molar-refractivity contribution in [2.45, 2.75) is 26.3 Å².